The molecule has 0 bridgehead atoms. The lowest BCUT2D eigenvalue weighted by molar-refractivity contribution is 0.670. The lowest BCUT2D eigenvalue weighted by Crippen LogP contribution is -1.94. The molecule has 3 heteroatoms. The molecule has 9 aromatic rings. The maximum absolute atomic E-state index is 6.36. The summed E-state index contributed by atoms with van der Waals surface area (Å²) in [6, 6.07) is 45.7. The number of hydrogen-bond donors (Lipinski definition) is 0. The minimum Gasteiger partial charge on any atom is -0.455 e. The quantitative estimate of drug-likeness (QED) is 0.224. The predicted molar refractivity (Wildman–Crippen MR) is 166 cm³/mol. The SMILES string of the molecule is c1ccc2c(c1)oc1c(-c3ccc4c(c3)sc3cccc(-n5c6ccccc6c6ccccc65)c34)cccc12. The number of para-hydroxylation sites is 4. The monoisotopic (exact) mass is 515 g/mol. The summed E-state index contributed by atoms with van der Waals surface area (Å²) in [7, 11) is 0. The van der Waals surface area contributed by atoms with Gasteiger partial charge < -0.3 is 8.98 Å². The van der Waals surface area contributed by atoms with Crippen LogP contribution in [0.2, 0.25) is 0 Å². The fraction of sp³-hybridized carbons (Fsp3) is 0. The highest BCUT2D eigenvalue weighted by atomic mass is 32.1. The number of furan rings is 1. The van der Waals surface area contributed by atoms with Crippen LogP contribution in [0.15, 0.2) is 132 Å². The summed E-state index contributed by atoms with van der Waals surface area (Å²) >= 11 is 1.86. The first-order chi connectivity index (χ1) is 19.3. The molecule has 0 saturated heterocycles. The summed E-state index contributed by atoms with van der Waals surface area (Å²) in [5, 5.41) is 7.48. The van der Waals surface area contributed by atoms with Crippen molar-refractivity contribution in [3.8, 4) is 16.8 Å². The maximum atomic E-state index is 6.36. The van der Waals surface area contributed by atoms with Crippen molar-refractivity contribution in [2.24, 2.45) is 0 Å². The number of fused-ring (bicyclic) bond motifs is 9. The molecule has 0 N–H and O–H groups in total. The van der Waals surface area contributed by atoms with Crippen LogP contribution in [0, 0.1) is 0 Å². The van der Waals surface area contributed by atoms with E-state index in [-0.39, 0.29) is 0 Å². The summed E-state index contributed by atoms with van der Waals surface area (Å²) in [6.07, 6.45) is 0. The van der Waals surface area contributed by atoms with Crippen LogP contribution in [0.1, 0.15) is 0 Å². The van der Waals surface area contributed by atoms with Crippen LogP contribution in [0.3, 0.4) is 0 Å². The number of benzene rings is 6. The highest BCUT2D eigenvalue weighted by molar-refractivity contribution is 7.26. The Balaban J connectivity index is 1.31. The van der Waals surface area contributed by atoms with Crippen LogP contribution in [0.25, 0.3) is 80.7 Å². The number of aromatic nitrogens is 1. The molecule has 0 aliphatic heterocycles. The number of thiophene rings is 1. The third-order valence-electron chi connectivity index (χ3n) is 8.01. The lowest BCUT2D eigenvalue weighted by Gasteiger charge is -2.10. The summed E-state index contributed by atoms with van der Waals surface area (Å²) in [5.74, 6) is 0. The first-order valence-electron chi connectivity index (χ1n) is 13.2. The van der Waals surface area contributed by atoms with Crippen molar-refractivity contribution in [3.05, 3.63) is 127 Å². The molecule has 0 amide bonds. The first kappa shape index (κ1) is 21.1. The van der Waals surface area contributed by atoms with Crippen molar-refractivity contribution in [2.45, 2.75) is 0 Å². The third kappa shape index (κ3) is 2.91. The third-order valence-corrected chi connectivity index (χ3v) is 9.13. The summed E-state index contributed by atoms with van der Waals surface area (Å²) < 4.78 is 11.4. The molecule has 9 rings (SSSR count). The zero-order chi connectivity index (χ0) is 25.5. The van der Waals surface area contributed by atoms with Gasteiger partial charge in [0, 0.05) is 47.3 Å². The largest absolute Gasteiger partial charge is 0.455 e. The van der Waals surface area contributed by atoms with Gasteiger partial charge in [0.15, 0.2) is 0 Å². The van der Waals surface area contributed by atoms with Gasteiger partial charge in [-0.15, -0.1) is 11.3 Å². The Bertz CT molecular complexity index is 2350. The first-order valence-corrected chi connectivity index (χ1v) is 14.0. The molecule has 3 heterocycles. The van der Waals surface area contributed by atoms with Crippen LogP contribution in [-0.4, -0.2) is 4.57 Å². The van der Waals surface area contributed by atoms with E-state index in [2.05, 4.69) is 120 Å². The highest BCUT2D eigenvalue weighted by Crippen LogP contribution is 2.43. The Morgan fingerprint density at radius 3 is 2.03 bits per heavy atom. The van der Waals surface area contributed by atoms with Gasteiger partial charge in [0.05, 0.1) is 16.7 Å². The molecular weight excluding hydrogens is 494 g/mol. The molecule has 0 radical (unpaired) electrons. The van der Waals surface area contributed by atoms with Crippen molar-refractivity contribution in [3.63, 3.8) is 0 Å². The summed E-state index contributed by atoms with van der Waals surface area (Å²) in [5.41, 5.74) is 7.88. The molecule has 39 heavy (non-hydrogen) atoms. The normalized spacial score (nSPS) is 12.1. The Labute approximate surface area is 227 Å². The summed E-state index contributed by atoms with van der Waals surface area (Å²) in [4.78, 5) is 0. The fourth-order valence-corrected chi connectivity index (χ4v) is 7.48. The van der Waals surface area contributed by atoms with E-state index in [0.29, 0.717) is 0 Å². The topological polar surface area (TPSA) is 18.1 Å². The van der Waals surface area contributed by atoms with Gasteiger partial charge in [-0.05, 0) is 42.0 Å². The van der Waals surface area contributed by atoms with Gasteiger partial charge in [0.25, 0.3) is 0 Å². The molecule has 0 spiro atoms. The van der Waals surface area contributed by atoms with E-state index in [0.717, 1.165) is 27.5 Å². The van der Waals surface area contributed by atoms with Gasteiger partial charge in [-0.2, -0.15) is 0 Å². The Morgan fingerprint density at radius 2 is 1.21 bits per heavy atom. The van der Waals surface area contributed by atoms with Gasteiger partial charge in [0.1, 0.15) is 11.2 Å². The molecule has 0 unspecified atom stereocenters. The van der Waals surface area contributed by atoms with Crippen LogP contribution >= 0.6 is 11.3 Å². The van der Waals surface area contributed by atoms with Gasteiger partial charge in [0.2, 0.25) is 0 Å². The van der Waals surface area contributed by atoms with Crippen LogP contribution < -0.4 is 0 Å². The predicted octanol–water partition coefficient (Wildman–Crippen LogP) is 10.7. The molecule has 0 fully saturated rings. The lowest BCUT2D eigenvalue weighted by atomic mass is 10.0. The zero-order valence-corrected chi connectivity index (χ0v) is 21.7. The van der Waals surface area contributed by atoms with Crippen LogP contribution in [0.4, 0.5) is 0 Å². The van der Waals surface area contributed by atoms with E-state index < -0.39 is 0 Å². The number of rotatable bonds is 2. The highest BCUT2D eigenvalue weighted by Gasteiger charge is 2.18. The minimum atomic E-state index is 0.929. The van der Waals surface area contributed by atoms with Crippen molar-refractivity contribution in [1.29, 1.82) is 0 Å². The van der Waals surface area contributed by atoms with E-state index >= 15 is 0 Å². The number of nitrogens with zero attached hydrogens (tertiary/aromatic N) is 1. The van der Waals surface area contributed by atoms with E-state index in [1.165, 1.54) is 53.2 Å². The second-order valence-electron chi connectivity index (χ2n) is 10.1. The maximum Gasteiger partial charge on any atom is 0.143 e. The van der Waals surface area contributed by atoms with Crippen LogP contribution in [0.5, 0.6) is 0 Å². The standard InChI is InChI=1S/C36H21NOS/c1-4-14-29-24(9-1)25-10-2-5-15-30(25)37(29)31-16-8-18-33-35(31)28-20-19-22(21-34(28)39-33)23-12-7-13-27-26-11-3-6-17-32(26)38-36(23)27/h1-21H. The Hall–Kier alpha value is -4.86. The van der Waals surface area contributed by atoms with Gasteiger partial charge >= 0.3 is 0 Å². The summed E-state index contributed by atoms with van der Waals surface area (Å²) in [6.45, 7) is 0. The molecule has 0 atom stereocenters. The van der Waals surface area contributed by atoms with Crippen LogP contribution in [-0.2, 0) is 0 Å². The average molecular weight is 516 g/mol. The van der Waals surface area contributed by atoms with E-state index in [9.17, 15) is 0 Å². The minimum absolute atomic E-state index is 0.929. The zero-order valence-electron chi connectivity index (χ0n) is 20.9. The smallest absolute Gasteiger partial charge is 0.143 e. The Morgan fingerprint density at radius 1 is 0.513 bits per heavy atom. The fourth-order valence-electron chi connectivity index (χ4n) is 6.32. The molecule has 2 nitrogen and oxygen atoms in total. The van der Waals surface area contributed by atoms with Gasteiger partial charge in [-0.3, -0.25) is 0 Å². The molecule has 6 aromatic carbocycles. The molecular formula is C36H21NOS. The van der Waals surface area contributed by atoms with E-state index in [1.54, 1.807) is 0 Å². The van der Waals surface area contributed by atoms with Crippen molar-refractivity contribution < 1.29 is 4.42 Å². The molecule has 182 valence electrons. The average Bonchev–Trinajstić information content (AvgIpc) is 3.66. The molecule has 0 aliphatic carbocycles. The van der Waals surface area contributed by atoms with E-state index in [1.807, 2.05) is 23.5 Å². The molecule has 3 aromatic heterocycles. The van der Waals surface area contributed by atoms with Gasteiger partial charge in [-0.1, -0.05) is 91.0 Å². The second-order valence-corrected chi connectivity index (χ2v) is 11.2. The van der Waals surface area contributed by atoms with Crippen molar-refractivity contribution in [2.75, 3.05) is 0 Å². The van der Waals surface area contributed by atoms with Crippen molar-refractivity contribution in [1.82, 2.24) is 4.57 Å². The molecule has 0 aliphatic rings. The molecule has 0 saturated carbocycles. The van der Waals surface area contributed by atoms with Gasteiger partial charge in [-0.25, -0.2) is 0 Å². The van der Waals surface area contributed by atoms with E-state index in [4.69, 9.17) is 4.42 Å². The Kier molecular flexibility index (Phi) is 4.24. The second kappa shape index (κ2) is 7.83. The number of hydrogen-bond acceptors (Lipinski definition) is 2. The van der Waals surface area contributed by atoms with Crippen molar-refractivity contribution >= 4 is 75.3 Å².